The predicted molar refractivity (Wildman–Crippen MR) is 82.1 cm³/mol. The maximum atomic E-state index is 5.99. The van der Waals surface area contributed by atoms with Gasteiger partial charge >= 0.3 is 0 Å². The number of aryl methyl sites for hydroxylation is 1. The summed E-state index contributed by atoms with van der Waals surface area (Å²) in [6.07, 6.45) is 4.46. The molecule has 0 bridgehead atoms. The second-order valence-electron chi connectivity index (χ2n) is 6.53. The van der Waals surface area contributed by atoms with Gasteiger partial charge in [-0.05, 0) is 14.1 Å². The van der Waals surface area contributed by atoms with Crippen LogP contribution in [0.3, 0.4) is 0 Å². The van der Waals surface area contributed by atoms with Crippen molar-refractivity contribution in [2.45, 2.75) is 18.7 Å². The van der Waals surface area contributed by atoms with Crippen molar-refractivity contribution in [2.24, 2.45) is 7.05 Å². The smallest absolute Gasteiger partial charge is 0.0870 e. The van der Waals surface area contributed by atoms with E-state index in [1.807, 2.05) is 17.9 Å². The molecule has 0 saturated carbocycles. The predicted octanol–water partition coefficient (Wildman–Crippen LogP) is -0.133. The van der Waals surface area contributed by atoms with Gasteiger partial charge in [-0.25, -0.2) is 0 Å². The van der Waals surface area contributed by atoms with Crippen LogP contribution in [0.25, 0.3) is 0 Å². The van der Waals surface area contributed by atoms with Crippen molar-refractivity contribution in [1.29, 1.82) is 0 Å². The normalized spacial score (nSPS) is 27.4. The molecule has 21 heavy (non-hydrogen) atoms. The number of likely N-dealkylation sites (tertiary alicyclic amines) is 1. The number of hydrogen-bond donors (Lipinski definition) is 0. The van der Waals surface area contributed by atoms with Crippen molar-refractivity contribution in [3.05, 3.63) is 18.0 Å². The van der Waals surface area contributed by atoms with Gasteiger partial charge in [0.1, 0.15) is 0 Å². The van der Waals surface area contributed by atoms with Crippen molar-refractivity contribution in [3.8, 4) is 0 Å². The first-order chi connectivity index (χ1) is 10.1. The average Bonchev–Trinajstić information content (AvgIpc) is 3.03. The Morgan fingerprint density at radius 2 is 2.24 bits per heavy atom. The first-order valence-corrected chi connectivity index (χ1v) is 7.82. The highest BCUT2D eigenvalue weighted by molar-refractivity contribution is 5.05. The van der Waals surface area contributed by atoms with Crippen LogP contribution in [0.15, 0.2) is 12.4 Å². The second-order valence-corrected chi connectivity index (χ2v) is 6.53. The van der Waals surface area contributed by atoms with E-state index in [1.54, 1.807) is 0 Å². The standard InChI is InChI=1S/C15H27N5O/c1-17(2)4-5-19-11-14-15(12-19)21-7-6-20(14)10-13-8-16-18(3)9-13/h8-9,14-15H,4-7,10-12H2,1-3H3/t14-,15+/m0/s1. The van der Waals surface area contributed by atoms with Crippen LogP contribution < -0.4 is 0 Å². The maximum absolute atomic E-state index is 5.99. The Hall–Kier alpha value is -0.950. The molecular weight excluding hydrogens is 266 g/mol. The van der Waals surface area contributed by atoms with Crippen LogP contribution in [-0.4, -0.2) is 90.1 Å². The fraction of sp³-hybridized carbons (Fsp3) is 0.800. The molecule has 0 aliphatic carbocycles. The van der Waals surface area contributed by atoms with Crippen LogP contribution in [0.5, 0.6) is 0 Å². The number of nitrogens with zero attached hydrogens (tertiary/aromatic N) is 5. The van der Waals surface area contributed by atoms with Crippen LogP contribution in [-0.2, 0) is 18.3 Å². The summed E-state index contributed by atoms with van der Waals surface area (Å²) in [5.41, 5.74) is 1.30. The van der Waals surface area contributed by atoms with E-state index in [2.05, 4.69) is 40.1 Å². The molecule has 118 valence electrons. The van der Waals surface area contributed by atoms with Crippen molar-refractivity contribution in [2.75, 3.05) is 53.4 Å². The fourth-order valence-corrected chi connectivity index (χ4v) is 3.34. The molecule has 6 nitrogen and oxygen atoms in total. The number of likely N-dealkylation sites (N-methyl/N-ethyl adjacent to an activating group) is 1. The topological polar surface area (TPSA) is 36.8 Å². The molecule has 1 aromatic rings. The summed E-state index contributed by atoms with van der Waals surface area (Å²) in [6, 6.07) is 0.529. The molecule has 0 spiro atoms. The summed E-state index contributed by atoms with van der Waals surface area (Å²) >= 11 is 0. The van der Waals surface area contributed by atoms with Gasteiger partial charge in [-0.1, -0.05) is 0 Å². The molecule has 2 fully saturated rings. The monoisotopic (exact) mass is 293 g/mol. The Balaban J connectivity index is 1.59. The Labute approximate surface area is 127 Å². The van der Waals surface area contributed by atoms with E-state index in [9.17, 15) is 0 Å². The number of fused-ring (bicyclic) bond motifs is 1. The fourth-order valence-electron chi connectivity index (χ4n) is 3.34. The highest BCUT2D eigenvalue weighted by atomic mass is 16.5. The minimum atomic E-state index is 0.373. The molecule has 0 amide bonds. The van der Waals surface area contributed by atoms with Crippen molar-refractivity contribution in [1.82, 2.24) is 24.5 Å². The zero-order chi connectivity index (χ0) is 14.8. The highest BCUT2D eigenvalue weighted by Crippen LogP contribution is 2.24. The molecule has 3 heterocycles. The number of morpholine rings is 1. The van der Waals surface area contributed by atoms with E-state index in [0.29, 0.717) is 12.1 Å². The molecule has 1 aromatic heterocycles. The Kier molecular flexibility index (Phi) is 4.59. The lowest BCUT2D eigenvalue weighted by Gasteiger charge is -2.36. The number of aromatic nitrogens is 2. The van der Waals surface area contributed by atoms with Crippen molar-refractivity contribution < 1.29 is 4.74 Å². The third kappa shape index (κ3) is 3.63. The van der Waals surface area contributed by atoms with Crippen LogP contribution in [0.2, 0.25) is 0 Å². The Bertz CT molecular complexity index is 461. The summed E-state index contributed by atoms with van der Waals surface area (Å²) in [6.45, 7) is 7.30. The van der Waals surface area contributed by atoms with Crippen molar-refractivity contribution in [3.63, 3.8) is 0 Å². The molecule has 3 rings (SSSR count). The maximum Gasteiger partial charge on any atom is 0.0870 e. The van der Waals surface area contributed by atoms with Gasteiger partial charge in [0.15, 0.2) is 0 Å². The minimum Gasteiger partial charge on any atom is -0.374 e. The zero-order valence-electron chi connectivity index (χ0n) is 13.4. The molecule has 0 unspecified atom stereocenters. The molecule has 0 radical (unpaired) electrons. The SMILES string of the molecule is CN(C)CCN1C[C@H]2OCCN(Cc3cnn(C)c3)[C@H]2C1. The van der Waals surface area contributed by atoms with Crippen LogP contribution >= 0.6 is 0 Å². The van der Waals surface area contributed by atoms with Gasteiger partial charge < -0.3 is 9.64 Å². The molecule has 0 N–H and O–H groups in total. The third-order valence-electron chi connectivity index (χ3n) is 4.50. The highest BCUT2D eigenvalue weighted by Gasteiger charge is 2.39. The van der Waals surface area contributed by atoms with Gasteiger partial charge in [-0.3, -0.25) is 14.5 Å². The van der Waals surface area contributed by atoms with Gasteiger partial charge in [0.2, 0.25) is 0 Å². The van der Waals surface area contributed by atoms with Crippen LogP contribution in [0.1, 0.15) is 5.56 Å². The van der Waals surface area contributed by atoms with E-state index in [4.69, 9.17) is 4.74 Å². The quantitative estimate of drug-likeness (QED) is 0.756. The van der Waals surface area contributed by atoms with Crippen LogP contribution in [0, 0.1) is 0 Å². The molecule has 6 heteroatoms. The number of hydrogen-bond acceptors (Lipinski definition) is 5. The molecule has 2 aliphatic rings. The number of ether oxygens (including phenoxy) is 1. The summed E-state index contributed by atoms with van der Waals surface area (Å²) < 4.78 is 7.87. The Morgan fingerprint density at radius 3 is 2.95 bits per heavy atom. The zero-order valence-corrected chi connectivity index (χ0v) is 13.4. The van der Waals surface area contributed by atoms with Gasteiger partial charge in [0.25, 0.3) is 0 Å². The van der Waals surface area contributed by atoms with E-state index in [0.717, 1.165) is 45.9 Å². The van der Waals surface area contributed by atoms with E-state index in [1.165, 1.54) is 5.56 Å². The lowest BCUT2D eigenvalue weighted by atomic mass is 10.1. The molecule has 0 aromatic carbocycles. The van der Waals surface area contributed by atoms with E-state index < -0.39 is 0 Å². The van der Waals surface area contributed by atoms with Gasteiger partial charge in [0, 0.05) is 58.1 Å². The second kappa shape index (κ2) is 6.44. The van der Waals surface area contributed by atoms with E-state index >= 15 is 0 Å². The number of rotatable bonds is 5. The lowest BCUT2D eigenvalue weighted by Crippen LogP contribution is -2.50. The summed E-state index contributed by atoms with van der Waals surface area (Å²) in [5, 5.41) is 4.27. The summed E-state index contributed by atoms with van der Waals surface area (Å²) in [4.78, 5) is 7.36. The van der Waals surface area contributed by atoms with Gasteiger partial charge in [-0.15, -0.1) is 0 Å². The van der Waals surface area contributed by atoms with Crippen molar-refractivity contribution >= 4 is 0 Å². The van der Waals surface area contributed by atoms with Gasteiger partial charge in [-0.2, -0.15) is 5.10 Å². The summed E-state index contributed by atoms with van der Waals surface area (Å²) in [5.74, 6) is 0. The third-order valence-corrected chi connectivity index (χ3v) is 4.50. The summed E-state index contributed by atoms with van der Waals surface area (Å²) in [7, 11) is 6.24. The average molecular weight is 293 g/mol. The minimum absolute atomic E-state index is 0.373. The van der Waals surface area contributed by atoms with E-state index in [-0.39, 0.29) is 0 Å². The molecule has 2 atom stereocenters. The molecular formula is C15H27N5O. The van der Waals surface area contributed by atoms with Gasteiger partial charge in [0.05, 0.1) is 24.9 Å². The first kappa shape index (κ1) is 15.0. The largest absolute Gasteiger partial charge is 0.374 e. The molecule has 2 saturated heterocycles. The Morgan fingerprint density at radius 1 is 1.38 bits per heavy atom. The lowest BCUT2D eigenvalue weighted by molar-refractivity contribution is -0.0504. The first-order valence-electron chi connectivity index (χ1n) is 7.82. The molecule has 2 aliphatic heterocycles. The van der Waals surface area contributed by atoms with Crippen LogP contribution in [0.4, 0.5) is 0 Å².